The molecule has 3 aromatic heterocycles. The van der Waals surface area contributed by atoms with Gasteiger partial charge in [0.15, 0.2) is 0 Å². The molecule has 5 rings (SSSR count). The summed E-state index contributed by atoms with van der Waals surface area (Å²) in [6, 6.07) is 8.02. The largest absolute Gasteiger partial charge is 0.489 e. The van der Waals surface area contributed by atoms with Crippen LogP contribution in [-0.4, -0.2) is 55.4 Å². The van der Waals surface area contributed by atoms with Gasteiger partial charge in [-0.05, 0) is 38.1 Å². The van der Waals surface area contributed by atoms with Crippen molar-refractivity contribution in [2.45, 2.75) is 33.0 Å². The molecule has 40 heavy (non-hydrogen) atoms. The van der Waals surface area contributed by atoms with Gasteiger partial charge >= 0.3 is 6.09 Å². The molecule has 4 heterocycles. The highest BCUT2D eigenvalue weighted by Gasteiger charge is 2.28. The van der Waals surface area contributed by atoms with E-state index >= 15 is 0 Å². The normalized spacial score (nSPS) is 14.2. The van der Waals surface area contributed by atoms with Crippen molar-refractivity contribution in [1.82, 2.24) is 29.6 Å². The fraction of sp³-hybridized carbons (Fsp3) is 0.259. The van der Waals surface area contributed by atoms with Crippen LogP contribution in [0.4, 0.5) is 10.7 Å². The summed E-state index contributed by atoms with van der Waals surface area (Å²) in [5, 5.41) is 9.90. The molecule has 0 bridgehead atoms. The molecule has 0 saturated heterocycles. The van der Waals surface area contributed by atoms with Gasteiger partial charge in [0, 0.05) is 36.6 Å². The topological polar surface area (TPSA) is 168 Å². The van der Waals surface area contributed by atoms with Crippen LogP contribution in [-0.2, 0) is 17.9 Å². The smallest absolute Gasteiger partial charge is 0.407 e. The van der Waals surface area contributed by atoms with E-state index < -0.39 is 12.0 Å². The average Bonchev–Trinajstić information content (AvgIpc) is 3.52. The van der Waals surface area contributed by atoms with Crippen LogP contribution >= 0.6 is 0 Å². The first-order valence-corrected chi connectivity index (χ1v) is 12.6. The number of alkyl carbamates (subject to hydrolysis) is 1. The zero-order chi connectivity index (χ0) is 28.2. The lowest BCUT2D eigenvalue weighted by Crippen LogP contribution is -2.26. The molecule has 0 unspecified atom stereocenters. The van der Waals surface area contributed by atoms with Crippen molar-refractivity contribution in [2.75, 3.05) is 18.5 Å². The van der Waals surface area contributed by atoms with Gasteiger partial charge in [0.1, 0.15) is 30.2 Å². The van der Waals surface area contributed by atoms with Crippen LogP contribution in [0.15, 0.2) is 54.9 Å². The summed E-state index contributed by atoms with van der Waals surface area (Å²) in [5.41, 5.74) is 8.68. The van der Waals surface area contributed by atoms with Gasteiger partial charge < -0.3 is 20.5 Å². The fourth-order valence-corrected chi connectivity index (χ4v) is 4.43. The number of nitrogens with zero attached hydrogens (tertiary/aromatic N) is 5. The van der Waals surface area contributed by atoms with Crippen molar-refractivity contribution >= 4 is 34.9 Å². The highest BCUT2D eigenvalue weighted by atomic mass is 16.5. The zero-order valence-corrected chi connectivity index (χ0v) is 22.0. The lowest BCUT2D eigenvalue weighted by Gasteiger charge is -2.25. The standard InChI is InChI=1S/C27H28N8O5/c1-3-34-21(10-16(2)33-34)25(37)32-26-31-20-11-18(24(28)36)12-22-23(20)35(26)19(15-39-22)7-5-9-30-27(38)40-14-17-6-4-8-29-13-17/h4-8,10-13,19H,3,9,14-15H2,1-2H3,(H2,28,36)(H,30,38)(H,31,32,37)/b7-5+/t19-/m0/s1. The molecule has 206 valence electrons. The lowest BCUT2D eigenvalue weighted by atomic mass is 10.1. The monoisotopic (exact) mass is 544 g/mol. The maximum Gasteiger partial charge on any atom is 0.407 e. The number of ether oxygens (including phenoxy) is 2. The summed E-state index contributed by atoms with van der Waals surface area (Å²) >= 11 is 0. The molecule has 0 fully saturated rings. The Morgan fingerprint density at radius 1 is 1.27 bits per heavy atom. The Bertz CT molecular complexity index is 1610. The quantitative estimate of drug-likeness (QED) is 0.270. The zero-order valence-electron chi connectivity index (χ0n) is 22.0. The number of imidazole rings is 1. The summed E-state index contributed by atoms with van der Waals surface area (Å²) < 4.78 is 14.6. The minimum Gasteiger partial charge on any atom is -0.489 e. The fourth-order valence-electron chi connectivity index (χ4n) is 4.43. The minimum absolute atomic E-state index is 0.108. The number of benzene rings is 1. The van der Waals surface area contributed by atoms with Gasteiger partial charge in [-0.2, -0.15) is 5.10 Å². The van der Waals surface area contributed by atoms with E-state index in [4.69, 9.17) is 15.2 Å². The van der Waals surface area contributed by atoms with E-state index in [0.717, 1.165) is 11.3 Å². The second kappa shape index (κ2) is 11.3. The molecule has 4 aromatic rings. The average molecular weight is 545 g/mol. The van der Waals surface area contributed by atoms with Crippen LogP contribution in [0.2, 0.25) is 0 Å². The van der Waals surface area contributed by atoms with E-state index in [0.29, 0.717) is 29.0 Å². The predicted octanol–water partition coefficient (Wildman–Crippen LogP) is 2.72. The maximum absolute atomic E-state index is 13.2. The van der Waals surface area contributed by atoms with Crippen LogP contribution in [0, 0.1) is 6.92 Å². The summed E-state index contributed by atoms with van der Waals surface area (Å²) in [6.45, 7) is 4.73. The molecule has 0 saturated carbocycles. The summed E-state index contributed by atoms with van der Waals surface area (Å²) in [4.78, 5) is 45.8. The number of carbonyl (C=O) groups is 3. The molecule has 4 N–H and O–H groups in total. The first kappa shape index (κ1) is 26.4. The summed E-state index contributed by atoms with van der Waals surface area (Å²) in [5.74, 6) is -0.299. The number of hydrogen-bond acceptors (Lipinski definition) is 8. The van der Waals surface area contributed by atoms with Crippen LogP contribution in [0.25, 0.3) is 11.0 Å². The second-order valence-corrected chi connectivity index (χ2v) is 9.08. The summed E-state index contributed by atoms with van der Waals surface area (Å²) in [7, 11) is 0. The molecule has 0 aliphatic carbocycles. The molecule has 1 aliphatic rings. The predicted molar refractivity (Wildman–Crippen MR) is 145 cm³/mol. The molecule has 13 heteroatoms. The van der Waals surface area contributed by atoms with E-state index in [1.54, 1.807) is 47.4 Å². The maximum atomic E-state index is 13.2. The molecular formula is C27H28N8O5. The summed E-state index contributed by atoms with van der Waals surface area (Å²) in [6.07, 6.45) is 6.29. The van der Waals surface area contributed by atoms with Crippen LogP contribution in [0.1, 0.15) is 45.1 Å². The van der Waals surface area contributed by atoms with Gasteiger partial charge in [-0.3, -0.25) is 29.1 Å². The van der Waals surface area contributed by atoms with Crippen molar-refractivity contribution in [3.8, 4) is 5.75 Å². The van der Waals surface area contributed by atoms with Gasteiger partial charge in [-0.15, -0.1) is 0 Å². The highest BCUT2D eigenvalue weighted by Crippen LogP contribution is 2.37. The van der Waals surface area contributed by atoms with E-state index in [-0.39, 0.29) is 43.2 Å². The van der Waals surface area contributed by atoms with E-state index in [1.165, 1.54) is 0 Å². The number of carbonyl (C=O) groups excluding carboxylic acids is 3. The van der Waals surface area contributed by atoms with Crippen molar-refractivity contribution < 1.29 is 23.9 Å². The van der Waals surface area contributed by atoms with Gasteiger partial charge in [0.25, 0.3) is 5.91 Å². The number of aromatic nitrogens is 5. The Morgan fingerprint density at radius 3 is 2.88 bits per heavy atom. The van der Waals surface area contributed by atoms with Gasteiger partial charge in [0.05, 0.1) is 17.3 Å². The molecule has 3 amide bonds. The van der Waals surface area contributed by atoms with E-state index in [2.05, 4.69) is 25.7 Å². The van der Waals surface area contributed by atoms with Crippen molar-refractivity contribution in [3.63, 3.8) is 0 Å². The van der Waals surface area contributed by atoms with Crippen LogP contribution in [0.5, 0.6) is 5.75 Å². The van der Waals surface area contributed by atoms with Crippen molar-refractivity contribution in [1.29, 1.82) is 0 Å². The molecule has 13 nitrogen and oxygen atoms in total. The SMILES string of the molecule is CCn1nc(C)cc1C(=O)Nc1nc2cc(C(N)=O)cc3c2n1[C@@H](/C=C/CNC(=O)OCc1cccnc1)CO3. The first-order chi connectivity index (χ1) is 19.3. The number of pyridine rings is 1. The van der Waals surface area contributed by atoms with Crippen LogP contribution in [0.3, 0.4) is 0 Å². The second-order valence-electron chi connectivity index (χ2n) is 9.08. The molecule has 0 radical (unpaired) electrons. The Labute approximate surface area is 229 Å². The van der Waals surface area contributed by atoms with Crippen molar-refractivity contribution in [2.24, 2.45) is 5.73 Å². The number of amides is 3. The Morgan fingerprint density at radius 2 is 2.12 bits per heavy atom. The number of nitrogens with one attached hydrogen (secondary N) is 2. The van der Waals surface area contributed by atoms with Gasteiger partial charge in [-0.25, -0.2) is 9.78 Å². The molecule has 0 spiro atoms. The van der Waals surface area contributed by atoms with E-state index in [1.807, 2.05) is 30.6 Å². The number of hydrogen-bond donors (Lipinski definition) is 3. The van der Waals surface area contributed by atoms with Crippen molar-refractivity contribution in [3.05, 3.63) is 77.4 Å². The first-order valence-electron chi connectivity index (χ1n) is 12.6. The van der Waals surface area contributed by atoms with Gasteiger partial charge in [-0.1, -0.05) is 18.2 Å². The Kier molecular flexibility index (Phi) is 7.44. The Hall–Kier alpha value is -5.20. The molecular weight excluding hydrogens is 516 g/mol. The third-order valence-corrected chi connectivity index (χ3v) is 6.25. The highest BCUT2D eigenvalue weighted by molar-refractivity contribution is 6.04. The number of nitrogens with two attached hydrogens (primary N) is 1. The third-order valence-electron chi connectivity index (χ3n) is 6.25. The Balaban J connectivity index is 1.36. The van der Waals surface area contributed by atoms with Gasteiger partial charge in [0.2, 0.25) is 11.9 Å². The minimum atomic E-state index is -0.618. The number of primary amides is 1. The third kappa shape index (κ3) is 5.48. The lowest BCUT2D eigenvalue weighted by molar-refractivity contribution is 0.0995. The number of aryl methyl sites for hydroxylation is 2. The molecule has 1 atom stereocenters. The molecule has 1 aliphatic heterocycles. The number of rotatable bonds is 9. The molecule has 1 aromatic carbocycles. The van der Waals surface area contributed by atoms with Crippen LogP contribution < -0.4 is 21.1 Å². The van der Waals surface area contributed by atoms with E-state index in [9.17, 15) is 14.4 Å². The number of anilines is 1.